The van der Waals surface area contributed by atoms with E-state index in [-0.39, 0.29) is 16.9 Å². The number of carbonyl (C=O) groups excluding carboxylic acids is 2. The van der Waals surface area contributed by atoms with Crippen LogP contribution in [0.15, 0.2) is 97.5 Å². The largest absolute Gasteiger partial charge is 0.348 e. The highest BCUT2D eigenvalue weighted by molar-refractivity contribution is 7.96. The molecule has 5 aromatic rings. The molecule has 0 spiro atoms. The number of aromatic amines is 1. The normalized spacial score (nSPS) is 12.2. The molecule has 4 aromatic carbocycles. The summed E-state index contributed by atoms with van der Waals surface area (Å²) in [4.78, 5) is 33.1. The Labute approximate surface area is 215 Å². The number of nitrogens with one attached hydrogen (secondary N) is 2. The Balaban J connectivity index is 1.48. The van der Waals surface area contributed by atoms with Gasteiger partial charge in [0.1, 0.15) is 6.04 Å². The SMILES string of the molecule is O=C(N[C@@H](Cc1cnc[nH]1)C(=O)S)C(Cc1cccc2ccccc12)Cc1cccc2ccccc12. The fourth-order valence-electron chi connectivity index (χ4n) is 4.84. The number of rotatable bonds is 9. The van der Waals surface area contributed by atoms with Gasteiger partial charge in [-0.15, -0.1) is 12.6 Å². The van der Waals surface area contributed by atoms with E-state index in [0.29, 0.717) is 19.3 Å². The van der Waals surface area contributed by atoms with Crippen LogP contribution in [-0.4, -0.2) is 27.0 Å². The van der Waals surface area contributed by atoms with Crippen molar-refractivity contribution in [2.45, 2.75) is 25.3 Å². The van der Waals surface area contributed by atoms with Crippen molar-refractivity contribution in [2.75, 3.05) is 0 Å². The third-order valence-electron chi connectivity index (χ3n) is 6.66. The fourth-order valence-corrected chi connectivity index (χ4v) is 4.99. The molecule has 0 radical (unpaired) electrons. The minimum Gasteiger partial charge on any atom is -0.348 e. The average Bonchev–Trinajstić information content (AvgIpc) is 3.41. The van der Waals surface area contributed by atoms with Gasteiger partial charge >= 0.3 is 0 Å². The number of benzene rings is 4. The molecule has 0 saturated heterocycles. The van der Waals surface area contributed by atoms with Gasteiger partial charge in [0.2, 0.25) is 11.0 Å². The maximum Gasteiger partial charge on any atom is 0.224 e. The van der Waals surface area contributed by atoms with E-state index in [1.807, 2.05) is 36.4 Å². The van der Waals surface area contributed by atoms with E-state index in [9.17, 15) is 9.59 Å². The number of thiol groups is 1. The second-order valence-corrected chi connectivity index (χ2v) is 9.50. The van der Waals surface area contributed by atoms with Gasteiger partial charge in [0.15, 0.2) is 0 Å². The van der Waals surface area contributed by atoms with Crippen molar-refractivity contribution in [1.29, 1.82) is 0 Å². The Hall–Kier alpha value is -3.90. The van der Waals surface area contributed by atoms with Crippen LogP contribution >= 0.6 is 12.6 Å². The molecule has 0 unspecified atom stereocenters. The summed E-state index contributed by atoms with van der Waals surface area (Å²) in [5, 5.41) is 7.15. The van der Waals surface area contributed by atoms with Crippen molar-refractivity contribution >= 4 is 45.2 Å². The van der Waals surface area contributed by atoms with E-state index < -0.39 is 6.04 Å². The molecule has 0 aliphatic carbocycles. The number of fused-ring (bicyclic) bond motifs is 2. The average molecular weight is 494 g/mol. The van der Waals surface area contributed by atoms with Gasteiger partial charge in [0.05, 0.1) is 6.33 Å². The van der Waals surface area contributed by atoms with E-state index >= 15 is 0 Å². The lowest BCUT2D eigenvalue weighted by atomic mass is 9.87. The van der Waals surface area contributed by atoms with Crippen molar-refractivity contribution in [3.63, 3.8) is 0 Å². The Morgan fingerprint density at radius 1 is 0.778 bits per heavy atom. The van der Waals surface area contributed by atoms with Crippen LogP contribution in [0.25, 0.3) is 21.5 Å². The van der Waals surface area contributed by atoms with E-state index in [2.05, 4.69) is 76.4 Å². The van der Waals surface area contributed by atoms with Crippen LogP contribution in [0.5, 0.6) is 0 Å². The van der Waals surface area contributed by atoms with Crippen molar-refractivity contribution in [1.82, 2.24) is 15.3 Å². The smallest absolute Gasteiger partial charge is 0.224 e. The van der Waals surface area contributed by atoms with E-state index in [1.54, 1.807) is 12.5 Å². The summed E-state index contributed by atoms with van der Waals surface area (Å²) in [7, 11) is 0. The number of nitrogens with zero attached hydrogens (tertiary/aromatic N) is 1. The predicted octanol–water partition coefficient (Wildman–Crippen LogP) is 5.30. The van der Waals surface area contributed by atoms with Crippen molar-refractivity contribution in [3.05, 3.63) is 114 Å². The molecule has 0 aliphatic rings. The summed E-state index contributed by atoms with van der Waals surface area (Å²) in [6.45, 7) is 0. The lowest BCUT2D eigenvalue weighted by Gasteiger charge is -2.22. The predicted molar refractivity (Wildman–Crippen MR) is 147 cm³/mol. The minimum absolute atomic E-state index is 0.164. The highest BCUT2D eigenvalue weighted by Gasteiger charge is 2.26. The fraction of sp³-hybridized carbons (Fsp3) is 0.167. The summed E-state index contributed by atoms with van der Waals surface area (Å²) in [6.07, 6.45) is 4.62. The second kappa shape index (κ2) is 10.8. The highest BCUT2D eigenvalue weighted by atomic mass is 32.1. The third kappa shape index (κ3) is 5.34. The molecular weight excluding hydrogens is 466 g/mol. The quantitative estimate of drug-likeness (QED) is 0.244. The molecule has 0 aliphatic heterocycles. The zero-order valence-electron chi connectivity index (χ0n) is 19.7. The van der Waals surface area contributed by atoms with Gasteiger partial charge in [-0.25, -0.2) is 4.98 Å². The summed E-state index contributed by atoms with van der Waals surface area (Å²) in [6, 6.07) is 28.1. The topological polar surface area (TPSA) is 74.8 Å². The van der Waals surface area contributed by atoms with Crippen LogP contribution in [-0.2, 0) is 28.9 Å². The van der Waals surface area contributed by atoms with Crippen molar-refractivity contribution in [3.8, 4) is 0 Å². The van der Waals surface area contributed by atoms with Crippen molar-refractivity contribution in [2.24, 2.45) is 5.92 Å². The second-order valence-electron chi connectivity index (χ2n) is 9.06. The molecule has 1 aromatic heterocycles. The first-order chi connectivity index (χ1) is 17.6. The Morgan fingerprint density at radius 2 is 1.33 bits per heavy atom. The molecule has 0 bridgehead atoms. The van der Waals surface area contributed by atoms with Crippen LogP contribution in [0.3, 0.4) is 0 Å². The molecule has 5 nitrogen and oxygen atoms in total. The van der Waals surface area contributed by atoms with Crippen molar-refractivity contribution < 1.29 is 9.59 Å². The first kappa shape index (κ1) is 23.8. The van der Waals surface area contributed by atoms with Crippen LogP contribution in [0, 0.1) is 5.92 Å². The first-order valence-electron chi connectivity index (χ1n) is 12.0. The molecule has 1 amide bonds. The van der Waals surface area contributed by atoms with Crippen LogP contribution < -0.4 is 5.32 Å². The molecule has 36 heavy (non-hydrogen) atoms. The summed E-state index contributed by atoms with van der Waals surface area (Å²) in [5.41, 5.74) is 2.98. The highest BCUT2D eigenvalue weighted by Crippen LogP contribution is 2.26. The molecule has 6 heteroatoms. The van der Waals surface area contributed by atoms with Gasteiger partial charge in [-0.05, 0) is 45.5 Å². The Morgan fingerprint density at radius 3 is 1.86 bits per heavy atom. The molecule has 1 atom stereocenters. The van der Waals surface area contributed by atoms with E-state index in [4.69, 9.17) is 0 Å². The van der Waals surface area contributed by atoms with Gasteiger partial charge in [-0.1, -0.05) is 84.9 Å². The number of aromatic nitrogens is 2. The Kier molecular flexibility index (Phi) is 7.14. The van der Waals surface area contributed by atoms with Gasteiger partial charge in [-0.3, -0.25) is 9.59 Å². The van der Waals surface area contributed by atoms with Gasteiger partial charge in [0.25, 0.3) is 0 Å². The molecule has 1 heterocycles. The molecule has 2 N–H and O–H groups in total. The van der Waals surface area contributed by atoms with Gasteiger partial charge in [-0.2, -0.15) is 0 Å². The number of H-pyrrole nitrogens is 1. The summed E-state index contributed by atoms with van der Waals surface area (Å²) < 4.78 is 0. The first-order valence-corrected chi connectivity index (χ1v) is 12.5. The van der Waals surface area contributed by atoms with Crippen LogP contribution in [0.1, 0.15) is 16.8 Å². The van der Waals surface area contributed by atoms with Crippen LogP contribution in [0.4, 0.5) is 0 Å². The number of carbonyl (C=O) groups is 2. The molecular formula is C30H27N3O2S. The molecule has 0 saturated carbocycles. The maximum atomic E-state index is 13.7. The summed E-state index contributed by atoms with van der Waals surface area (Å²) in [5.74, 6) is -0.540. The zero-order valence-corrected chi connectivity index (χ0v) is 20.6. The van der Waals surface area contributed by atoms with E-state index in [0.717, 1.165) is 38.4 Å². The number of hydrogen-bond acceptors (Lipinski definition) is 3. The minimum atomic E-state index is -0.746. The zero-order chi connectivity index (χ0) is 24.9. The number of imidazole rings is 1. The number of hydrogen-bond donors (Lipinski definition) is 3. The van der Waals surface area contributed by atoms with Gasteiger partial charge in [0, 0.05) is 24.2 Å². The van der Waals surface area contributed by atoms with Crippen LogP contribution in [0.2, 0.25) is 0 Å². The number of amides is 1. The molecule has 180 valence electrons. The molecule has 0 fully saturated rings. The Bertz CT molecular complexity index is 1420. The third-order valence-corrected chi connectivity index (χ3v) is 6.97. The maximum absolute atomic E-state index is 13.7. The van der Waals surface area contributed by atoms with Gasteiger partial charge < -0.3 is 10.3 Å². The van der Waals surface area contributed by atoms with E-state index in [1.165, 1.54) is 0 Å². The molecule has 5 rings (SSSR count). The summed E-state index contributed by atoms with van der Waals surface area (Å²) >= 11 is 4.05. The lowest BCUT2D eigenvalue weighted by Crippen LogP contribution is -2.44. The standard InChI is InChI=1S/C30H27N3O2S/c34-29(33-28(30(35)36)17-25-18-31-19-32-25)24(15-22-11-5-9-20-7-1-3-13-26(20)22)16-23-12-6-10-21-8-2-4-14-27(21)23/h1-14,18-19,24,28H,15-17H2,(H,31,32)(H,33,34)(H,35,36)/t28-/m0/s1. The lowest BCUT2D eigenvalue weighted by molar-refractivity contribution is -0.127. The monoisotopic (exact) mass is 493 g/mol.